The Hall–Kier alpha value is -1.46. The monoisotopic (exact) mass is 156 g/mol. The molecule has 0 amide bonds. The van der Waals surface area contributed by atoms with E-state index in [1.807, 2.05) is 0 Å². The van der Waals surface area contributed by atoms with Crippen molar-refractivity contribution in [2.45, 2.75) is 14.9 Å². The smallest absolute Gasteiger partial charge is 0.450 e. The Morgan fingerprint density at radius 1 is 0.700 bits per heavy atom. The summed E-state index contributed by atoms with van der Waals surface area (Å²) in [5, 5.41) is 27.9. The first kappa shape index (κ1) is 23.6. The zero-order chi connectivity index (χ0) is 7.15. The molecule has 0 unspecified atom stereocenters. The molecule has 0 aromatic rings. The van der Waals surface area contributed by atoms with Crippen LogP contribution in [0.25, 0.3) is 0 Å². The average molecular weight is 156 g/mol. The molecule has 6 heteroatoms. The van der Waals surface area contributed by atoms with Crippen LogP contribution in [0, 0.1) is 0 Å². The second kappa shape index (κ2) is 15.6. The van der Waals surface area contributed by atoms with Gasteiger partial charge in [0.05, 0.1) is 0 Å². The Balaban J connectivity index is -0.0000000300. The molecule has 0 fully saturated rings. The first-order valence-electron chi connectivity index (χ1n) is 1.30. The first-order valence-corrected chi connectivity index (χ1v) is 1.30. The fourth-order valence-electron chi connectivity index (χ4n) is 0. The lowest BCUT2D eigenvalue weighted by atomic mass is 11.5. The highest BCUT2D eigenvalue weighted by atomic mass is 16.6. The van der Waals surface area contributed by atoms with Gasteiger partial charge in [-0.3, -0.25) is 0 Å². The average Bonchev–Trinajstić information content (AvgIpc) is 1.25. The Morgan fingerprint density at radius 3 is 0.700 bits per heavy atom. The topological polar surface area (TPSA) is 115 Å². The second-order valence-electron chi connectivity index (χ2n) is 0.565. The van der Waals surface area contributed by atoms with Gasteiger partial charge >= 0.3 is 12.3 Å². The van der Waals surface area contributed by atoms with Crippen LogP contribution in [0.2, 0.25) is 0 Å². The van der Waals surface area contributed by atoms with Gasteiger partial charge in [0.15, 0.2) is 0 Å². The molecule has 10 heavy (non-hydrogen) atoms. The maximum absolute atomic E-state index is 8.56. The molecule has 0 aromatic carbocycles. The molecule has 0 atom stereocenters. The van der Waals surface area contributed by atoms with E-state index in [4.69, 9.17) is 30.0 Å². The quantitative estimate of drug-likeness (QED) is 0.424. The van der Waals surface area contributed by atoms with Crippen LogP contribution in [0.3, 0.4) is 0 Å². The van der Waals surface area contributed by atoms with E-state index < -0.39 is 12.3 Å². The minimum absolute atomic E-state index is 0. The lowest BCUT2D eigenvalue weighted by molar-refractivity contribution is 0.135. The number of carbonyl (C=O) groups is 2. The highest BCUT2D eigenvalue weighted by Crippen LogP contribution is 1.43. The SMILES string of the molecule is C.C.O=C(O)O.O=C(O)O. The molecule has 0 bridgehead atoms. The van der Waals surface area contributed by atoms with Gasteiger partial charge in [0.2, 0.25) is 0 Å². The van der Waals surface area contributed by atoms with Crippen LogP contribution in [0.5, 0.6) is 0 Å². The third kappa shape index (κ3) is 94.2. The van der Waals surface area contributed by atoms with Gasteiger partial charge in [-0.15, -0.1) is 0 Å². The van der Waals surface area contributed by atoms with Crippen LogP contribution in [0.15, 0.2) is 0 Å². The lowest BCUT2D eigenvalue weighted by Gasteiger charge is -1.60. The molecule has 0 heterocycles. The van der Waals surface area contributed by atoms with Crippen molar-refractivity contribution in [1.82, 2.24) is 0 Å². The molecule has 0 saturated carbocycles. The van der Waals surface area contributed by atoms with E-state index in [2.05, 4.69) is 0 Å². The summed E-state index contributed by atoms with van der Waals surface area (Å²) in [5.41, 5.74) is 0. The maximum Gasteiger partial charge on any atom is 0.503 e. The lowest BCUT2D eigenvalue weighted by Crippen LogP contribution is -1.81. The standard InChI is InChI=1S/2CH2O3.2CH4/c2*2-1(3)4;;/h2*(H2,2,3,4);2*1H4. The number of rotatable bonds is 0. The van der Waals surface area contributed by atoms with Gasteiger partial charge in [0.25, 0.3) is 0 Å². The van der Waals surface area contributed by atoms with E-state index in [9.17, 15) is 0 Å². The molecule has 0 radical (unpaired) electrons. The second-order valence-corrected chi connectivity index (χ2v) is 0.565. The van der Waals surface area contributed by atoms with Crippen molar-refractivity contribution in [1.29, 1.82) is 0 Å². The third-order valence-corrected chi connectivity index (χ3v) is 0. The Bertz CT molecular complexity index is 67.7. The van der Waals surface area contributed by atoms with Crippen LogP contribution in [-0.2, 0) is 0 Å². The highest BCUT2D eigenvalue weighted by Gasteiger charge is 1.70. The summed E-state index contributed by atoms with van der Waals surface area (Å²) in [6.45, 7) is 0. The van der Waals surface area contributed by atoms with E-state index in [0.717, 1.165) is 0 Å². The van der Waals surface area contributed by atoms with Gasteiger partial charge in [0.1, 0.15) is 0 Å². The van der Waals surface area contributed by atoms with Gasteiger partial charge in [-0.1, -0.05) is 14.9 Å². The summed E-state index contributed by atoms with van der Waals surface area (Å²) in [6, 6.07) is 0. The van der Waals surface area contributed by atoms with Crippen LogP contribution in [-0.4, -0.2) is 32.7 Å². The predicted octanol–water partition coefficient (Wildman–Crippen LogP) is 1.72. The van der Waals surface area contributed by atoms with Crippen molar-refractivity contribution < 1.29 is 30.0 Å². The van der Waals surface area contributed by atoms with E-state index in [1.165, 1.54) is 0 Å². The molecule has 6 nitrogen and oxygen atoms in total. The van der Waals surface area contributed by atoms with Gasteiger partial charge in [-0.25, -0.2) is 9.59 Å². The van der Waals surface area contributed by atoms with Crippen LogP contribution >= 0.6 is 0 Å². The van der Waals surface area contributed by atoms with E-state index in [1.54, 1.807) is 0 Å². The molecule has 0 aliphatic carbocycles. The van der Waals surface area contributed by atoms with Gasteiger partial charge in [-0.05, 0) is 0 Å². The summed E-state index contributed by atoms with van der Waals surface area (Å²) in [4.78, 5) is 17.1. The zero-order valence-corrected chi connectivity index (χ0v) is 3.61. The van der Waals surface area contributed by atoms with E-state index in [0.29, 0.717) is 0 Å². The summed E-state index contributed by atoms with van der Waals surface area (Å²) >= 11 is 0. The zero-order valence-electron chi connectivity index (χ0n) is 3.61. The van der Waals surface area contributed by atoms with Crippen molar-refractivity contribution >= 4 is 12.3 Å². The Morgan fingerprint density at radius 2 is 0.700 bits per heavy atom. The van der Waals surface area contributed by atoms with Gasteiger partial charge in [-0.2, -0.15) is 0 Å². The van der Waals surface area contributed by atoms with Crippen LogP contribution < -0.4 is 0 Å². The largest absolute Gasteiger partial charge is 0.503 e. The first-order chi connectivity index (χ1) is 3.46. The molecule has 4 N–H and O–H groups in total. The fraction of sp³-hybridized carbons (Fsp3) is 0.500. The fourth-order valence-corrected chi connectivity index (χ4v) is 0. The van der Waals surface area contributed by atoms with E-state index in [-0.39, 0.29) is 14.9 Å². The summed E-state index contributed by atoms with van der Waals surface area (Å²) in [7, 11) is 0. The molecule has 0 aromatic heterocycles. The summed E-state index contributed by atoms with van der Waals surface area (Å²) in [5.74, 6) is 0. The predicted molar refractivity (Wildman–Crippen MR) is 34.8 cm³/mol. The minimum atomic E-state index is -1.83. The van der Waals surface area contributed by atoms with Crippen LogP contribution in [0.4, 0.5) is 9.59 Å². The van der Waals surface area contributed by atoms with Crippen molar-refractivity contribution in [3.63, 3.8) is 0 Å². The molecular formula is C4H12O6. The minimum Gasteiger partial charge on any atom is -0.450 e. The molecule has 64 valence electrons. The van der Waals surface area contributed by atoms with Gasteiger partial charge in [0, 0.05) is 0 Å². The number of hydrogen-bond acceptors (Lipinski definition) is 2. The summed E-state index contributed by atoms with van der Waals surface area (Å²) in [6.07, 6.45) is -3.67. The Kier molecular flexibility index (Phi) is 36.9. The Labute approximate surface area is 58.4 Å². The third-order valence-electron chi connectivity index (χ3n) is 0. The van der Waals surface area contributed by atoms with Crippen molar-refractivity contribution in [3.8, 4) is 0 Å². The molecule has 0 saturated heterocycles. The number of carboxylic acid groups (broad SMARTS) is 4. The molecular weight excluding hydrogens is 144 g/mol. The van der Waals surface area contributed by atoms with Crippen molar-refractivity contribution in [3.05, 3.63) is 0 Å². The molecule has 0 rings (SSSR count). The normalized spacial score (nSPS) is 4.80. The van der Waals surface area contributed by atoms with Crippen molar-refractivity contribution in [2.24, 2.45) is 0 Å². The molecule has 0 spiro atoms. The highest BCUT2D eigenvalue weighted by molar-refractivity contribution is 5.53. The van der Waals surface area contributed by atoms with Crippen LogP contribution in [0.1, 0.15) is 14.9 Å². The van der Waals surface area contributed by atoms with E-state index >= 15 is 0 Å². The maximum atomic E-state index is 8.56. The van der Waals surface area contributed by atoms with Gasteiger partial charge < -0.3 is 20.4 Å². The van der Waals surface area contributed by atoms with Crippen molar-refractivity contribution in [2.75, 3.05) is 0 Å². The molecule has 0 aliphatic heterocycles. The summed E-state index contributed by atoms with van der Waals surface area (Å²) < 4.78 is 0. The molecule has 0 aliphatic rings. The number of hydrogen-bond donors (Lipinski definition) is 4.